The van der Waals surface area contributed by atoms with E-state index >= 15 is 0 Å². The van der Waals surface area contributed by atoms with Crippen LogP contribution < -0.4 is 0 Å². The van der Waals surface area contributed by atoms with Gasteiger partial charge in [-0.25, -0.2) is 0 Å². The topological polar surface area (TPSA) is 27.7 Å². The number of hydrogen-bond donors (Lipinski definition) is 0. The van der Waals surface area contributed by atoms with Crippen LogP contribution in [0.5, 0.6) is 0 Å². The number of hydrogen-bond acceptors (Lipinski definition) is 3. The summed E-state index contributed by atoms with van der Waals surface area (Å²) < 4.78 is 17.3. The van der Waals surface area contributed by atoms with Crippen molar-refractivity contribution in [2.75, 3.05) is 13.2 Å². The van der Waals surface area contributed by atoms with E-state index in [4.69, 9.17) is 14.2 Å². The fourth-order valence-electron chi connectivity index (χ4n) is 3.36. The zero-order valence-electron chi connectivity index (χ0n) is 17.1. The molecule has 0 bridgehead atoms. The van der Waals surface area contributed by atoms with Gasteiger partial charge in [-0.05, 0) is 20.3 Å². The van der Waals surface area contributed by atoms with Gasteiger partial charge in [-0.2, -0.15) is 0 Å². The maximum atomic E-state index is 5.94. The second-order valence-electron chi connectivity index (χ2n) is 7.88. The van der Waals surface area contributed by atoms with Gasteiger partial charge >= 0.3 is 0 Å². The summed E-state index contributed by atoms with van der Waals surface area (Å²) >= 11 is 0. The molecule has 1 aliphatic rings. The smallest absolute Gasteiger partial charge is 0.163 e. The van der Waals surface area contributed by atoms with Gasteiger partial charge < -0.3 is 14.2 Å². The molecule has 0 aromatic rings. The molecule has 0 radical (unpaired) electrons. The molecule has 0 amide bonds. The molecule has 1 saturated heterocycles. The Balaban J connectivity index is 1.91. The minimum atomic E-state index is -0.465. The van der Waals surface area contributed by atoms with E-state index in [1.165, 1.54) is 70.6 Å². The maximum Gasteiger partial charge on any atom is 0.163 e. The first-order valence-corrected chi connectivity index (χ1v) is 10.6. The highest BCUT2D eigenvalue weighted by Crippen LogP contribution is 2.23. The first-order chi connectivity index (χ1) is 12.1. The Bertz CT molecular complexity index is 327. The monoisotopic (exact) mass is 354 g/mol. The van der Waals surface area contributed by atoms with Crippen LogP contribution >= 0.6 is 0 Å². The molecule has 25 heavy (non-hydrogen) atoms. The molecule has 2 unspecified atom stereocenters. The summed E-state index contributed by atoms with van der Waals surface area (Å²) in [4.78, 5) is 0. The summed E-state index contributed by atoms with van der Waals surface area (Å²) in [6.07, 6.45) is 18.3. The molecule has 0 spiro atoms. The van der Waals surface area contributed by atoms with Crippen LogP contribution in [0.1, 0.15) is 97.8 Å². The molecule has 3 heteroatoms. The summed E-state index contributed by atoms with van der Waals surface area (Å²) in [6, 6.07) is 0. The van der Waals surface area contributed by atoms with Crippen molar-refractivity contribution in [1.29, 1.82) is 0 Å². The third-order valence-electron chi connectivity index (χ3n) is 4.92. The summed E-state index contributed by atoms with van der Waals surface area (Å²) in [5, 5.41) is 0. The summed E-state index contributed by atoms with van der Waals surface area (Å²) in [6.45, 7) is 11.3. The molecule has 0 aromatic carbocycles. The molecule has 2 atom stereocenters. The molecular weight excluding hydrogens is 312 g/mol. The standard InChI is InChI=1S/C22H42O3/c1-5-7-8-9-10-11-12-13-14-15-16-17-20(6-2)23-18-21-19-24-22(3,4)25-21/h6,20-21H,2,5,7-19H2,1,3-4H3. The van der Waals surface area contributed by atoms with Gasteiger partial charge in [0, 0.05) is 0 Å². The lowest BCUT2D eigenvalue weighted by atomic mass is 10.0. The van der Waals surface area contributed by atoms with Crippen molar-refractivity contribution in [3.63, 3.8) is 0 Å². The van der Waals surface area contributed by atoms with Crippen molar-refractivity contribution >= 4 is 0 Å². The Labute approximate surface area is 156 Å². The molecule has 3 nitrogen and oxygen atoms in total. The Hall–Kier alpha value is -0.380. The summed E-state index contributed by atoms with van der Waals surface area (Å²) in [5.74, 6) is -0.465. The average molecular weight is 355 g/mol. The first-order valence-electron chi connectivity index (χ1n) is 10.6. The second kappa shape index (κ2) is 13.8. The van der Waals surface area contributed by atoms with Crippen LogP contribution in [0.3, 0.4) is 0 Å². The fourth-order valence-corrected chi connectivity index (χ4v) is 3.36. The quantitative estimate of drug-likeness (QED) is 0.237. The Kier molecular flexibility index (Phi) is 12.5. The zero-order valence-corrected chi connectivity index (χ0v) is 17.1. The van der Waals surface area contributed by atoms with Crippen LogP contribution in [0.4, 0.5) is 0 Å². The van der Waals surface area contributed by atoms with Crippen LogP contribution in [0.25, 0.3) is 0 Å². The largest absolute Gasteiger partial charge is 0.371 e. The average Bonchev–Trinajstić information content (AvgIpc) is 2.94. The van der Waals surface area contributed by atoms with E-state index in [0.717, 1.165) is 6.42 Å². The molecule has 1 heterocycles. The van der Waals surface area contributed by atoms with Gasteiger partial charge in [0.15, 0.2) is 5.79 Å². The molecule has 0 N–H and O–H groups in total. The van der Waals surface area contributed by atoms with Gasteiger partial charge in [-0.1, -0.05) is 83.6 Å². The van der Waals surface area contributed by atoms with E-state index in [1.807, 2.05) is 19.9 Å². The van der Waals surface area contributed by atoms with Gasteiger partial charge in [-0.3, -0.25) is 0 Å². The normalized spacial score (nSPS) is 20.7. The number of unbranched alkanes of at least 4 members (excludes halogenated alkanes) is 10. The maximum absolute atomic E-state index is 5.94. The molecular formula is C22H42O3. The van der Waals surface area contributed by atoms with Crippen LogP contribution in [-0.2, 0) is 14.2 Å². The Morgan fingerprint density at radius 3 is 2.04 bits per heavy atom. The van der Waals surface area contributed by atoms with Crippen molar-refractivity contribution in [2.45, 2.75) is 116 Å². The molecule has 1 aliphatic heterocycles. The summed E-state index contributed by atoms with van der Waals surface area (Å²) in [5.41, 5.74) is 0. The second-order valence-corrected chi connectivity index (χ2v) is 7.88. The van der Waals surface area contributed by atoms with Gasteiger partial charge in [-0.15, -0.1) is 6.58 Å². The van der Waals surface area contributed by atoms with E-state index in [1.54, 1.807) is 0 Å². The van der Waals surface area contributed by atoms with Crippen LogP contribution in [0.15, 0.2) is 12.7 Å². The third-order valence-corrected chi connectivity index (χ3v) is 4.92. The van der Waals surface area contributed by atoms with Crippen molar-refractivity contribution in [3.8, 4) is 0 Å². The highest BCUT2D eigenvalue weighted by Gasteiger charge is 2.32. The Morgan fingerprint density at radius 1 is 1.00 bits per heavy atom. The number of ether oxygens (including phenoxy) is 3. The SMILES string of the molecule is C=CC(CCCCCCCCCCCCC)OCC1COC(C)(C)O1. The predicted molar refractivity (Wildman–Crippen MR) is 106 cm³/mol. The molecule has 148 valence electrons. The fraction of sp³-hybridized carbons (Fsp3) is 0.909. The van der Waals surface area contributed by atoms with E-state index in [2.05, 4.69) is 13.5 Å². The van der Waals surface area contributed by atoms with Crippen molar-refractivity contribution in [2.24, 2.45) is 0 Å². The lowest BCUT2D eigenvalue weighted by Gasteiger charge is -2.19. The number of rotatable bonds is 16. The summed E-state index contributed by atoms with van der Waals surface area (Å²) in [7, 11) is 0. The highest BCUT2D eigenvalue weighted by molar-refractivity contribution is 4.81. The van der Waals surface area contributed by atoms with Crippen molar-refractivity contribution in [1.82, 2.24) is 0 Å². The van der Waals surface area contributed by atoms with E-state index < -0.39 is 5.79 Å². The van der Waals surface area contributed by atoms with E-state index in [-0.39, 0.29) is 12.2 Å². The van der Waals surface area contributed by atoms with Crippen LogP contribution in [0, 0.1) is 0 Å². The minimum absolute atomic E-state index is 0.0507. The van der Waals surface area contributed by atoms with Gasteiger partial charge in [0.2, 0.25) is 0 Å². The van der Waals surface area contributed by atoms with Crippen LogP contribution in [0.2, 0.25) is 0 Å². The minimum Gasteiger partial charge on any atom is -0.371 e. The van der Waals surface area contributed by atoms with E-state index in [0.29, 0.717) is 13.2 Å². The van der Waals surface area contributed by atoms with Gasteiger partial charge in [0.25, 0.3) is 0 Å². The van der Waals surface area contributed by atoms with Gasteiger partial charge in [0.1, 0.15) is 6.10 Å². The lowest BCUT2D eigenvalue weighted by molar-refractivity contribution is -0.146. The lowest BCUT2D eigenvalue weighted by Crippen LogP contribution is -2.26. The first kappa shape index (κ1) is 22.7. The highest BCUT2D eigenvalue weighted by atomic mass is 16.7. The van der Waals surface area contributed by atoms with Crippen molar-refractivity contribution in [3.05, 3.63) is 12.7 Å². The molecule has 0 aliphatic carbocycles. The molecule has 0 aromatic heterocycles. The zero-order chi connectivity index (χ0) is 18.4. The Morgan fingerprint density at radius 2 is 1.56 bits per heavy atom. The van der Waals surface area contributed by atoms with Crippen molar-refractivity contribution < 1.29 is 14.2 Å². The molecule has 1 fully saturated rings. The van der Waals surface area contributed by atoms with E-state index in [9.17, 15) is 0 Å². The molecule has 1 rings (SSSR count). The third kappa shape index (κ3) is 11.8. The van der Waals surface area contributed by atoms with Crippen LogP contribution in [-0.4, -0.2) is 31.2 Å². The van der Waals surface area contributed by atoms with Gasteiger partial charge in [0.05, 0.1) is 19.3 Å². The molecule has 0 saturated carbocycles. The predicted octanol–water partition coefficient (Wildman–Crippen LogP) is 6.41.